The van der Waals surface area contributed by atoms with Gasteiger partial charge in [0.05, 0.1) is 0 Å². The fourth-order valence-corrected chi connectivity index (χ4v) is 2.72. The van der Waals surface area contributed by atoms with Crippen LogP contribution in [0.15, 0.2) is 48.5 Å². The minimum Gasteiger partial charge on any atom is -0.445 e. The van der Waals surface area contributed by atoms with E-state index >= 15 is 0 Å². The van der Waals surface area contributed by atoms with E-state index in [1.165, 1.54) is 16.7 Å². The Kier molecular flexibility index (Phi) is 6.21. The third kappa shape index (κ3) is 4.35. The van der Waals surface area contributed by atoms with Crippen LogP contribution in [0.1, 0.15) is 36.1 Å². The van der Waals surface area contributed by atoms with Crippen molar-refractivity contribution in [3.63, 3.8) is 0 Å². The lowest BCUT2D eigenvalue weighted by Crippen LogP contribution is -2.36. The van der Waals surface area contributed by atoms with Crippen molar-refractivity contribution in [2.24, 2.45) is 0 Å². The van der Waals surface area contributed by atoms with E-state index in [2.05, 4.69) is 25.1 Å². The predicted octanol–water partition coefficient (Wildman–Crippen LogP) is 4.72. The molecule has 1 aliphatic rings. The van der Waals surface area contributed by atoms with Crippen LogP contribution in [0.25, 0.3) is 0 Å². The van der Waals surface area contributed by atoms with Crippen LogP contribution < -0.4 is 0 Å². The van der Waals surface area contributed by atoms with Gasteiger partial charge >= 0.3 is 6.09 Å². The van der Waals surface area contributed by atoms with Crippen LogP contribution in [0.2, 0.25) is 0 Å². The second-order valence-electron chi connectivity index (χ2n) is 5.42. The fraction of sp³-hybridized carbons (Fsp3) is 0.350. The first-order valence-electron chi connectivity index (χ1n) is 8.27. The molecule has 0 saturated heterocycles. The number of hydrogen-bond donors (Lipinski definition) is 0. The number of rotatable bonds is 2. The molecule has 0 atom stereocenters. The first kappa shape index (κ1) is 17.1. The van der Waals surface area contributed by atoms with Crippen molar-refractivity contribution in [1.29, 1.82) is 0 Å². The summed E-state index contributed by atoms with van der Waals surface area (Å²) < 4.78 is 5.41. The van der Waals surface area contributed by atoms with E-state index < -0.39 is 0 Å². The molecule has 0 aromatic heterocycles. The standard InChI is InChI=1S/C18H19NO2.C2H6/c1-14-6-5-9-16-10-11-19(12-17(14)16)18(20)21-13-15-7-3-2-4-8-15;1-2/h2-9H,10-13H2,1H3;1-2H3. The number of nitrogens with zero attached hydrogens (tertiary/aromatic N) is 1. The number of carbonyl (C=O) groups is 1. The zero-order chi connectivity index (χ0) is 16.7. The van der Waals surface area contributed by atoms with Crippen LogP contribution in [0.4, 0.5) is 4.79 Å². The Balaban J connectivity index is 0.000000924. The summed E-state index contributed by atoms with van der Waals surface area (Å²) in [7, 11) is 0. The molecule has 3 heteroatoms. The SMILES string of the molecule is CC.Cc1cccc2c1CN(C(=O)OCc1ccccc1)CC2. The highest BCUT2D eigenvalue weighted by Gasteiger charge is 2.22. The Hall–Kier alpha value is -2.29. The zero-order valence-electron chi connectivity index (χ0n) is 14.2. The smallest absolute Gasteiger partial charge is 0.410 e. The van der Waals surface area contributed by atoms with E-state index in [1.54, 1.807) is 4.90 Å². The first-order valence-corrected chi connectivity index (χ1v) is 8.27. The molecule has 1 amide bonds. The molecule has 3 rings (SSSR count). The summed E-state index contributed by atoms with van der Waals surface area (Å²) in [5, 5.41) is 0. The predicted molar refractivity (Wildman–Crippen MR) is 93.3 cm³/mol. The summed E-state index contributed by atoms with van der Waals surface area (Å²) >= 11 is 0. The number of benzene rings is 2. The number of fused-ring (bicyclic) bond motifs is 1. The number of hydrogen-bond acceptors (Lipinski definition) is 2. The van der Waals surface area contributed by atoms with Gasteiger partial charge in [0.1, 0.15) is 6.61 Å². The average molecular weight is 311 g/mol. The van der Waals surface area contributed by atoms with Crippen molar-refractivity contribution < 1.29 is 9.53 Å². The first-order chi connectivity index (χ1) is 11.2. The second-order valence-corrected chi connectivity index (χ2v) is 5.42. The number of carbonyl (C=O) groups excluding carboxylic acids is 1. The quantitative estimate of drug-likeness (QED) is 0.803. The lowest BCUT2D eigenvalue weighted by molar-refractivity contribution is 0.0918. The Morgan fingerprint density at radius 2 is 1.83 bits per heavy atom. The summed E-state index contributed by atoms with van der Waals surface area (Å²) in [6, 6.07) is 16.1. The van der Waals surface area contributed by atoms with Gasteiger partial charge in [0.15, 0.2) is 0 Å². The Morgan fingerprint density at radius 1 is 1.09 bits per heavy atom. The molecule has 0 saturated carbocycles. The topological polar surface area (TPSA) is 29.5 Å². The molecule has 0 bridgehead atoms. The Bertz CT molecular complexity index is 637. The normalized spacial score (nSPS) is 12.7. The molecule has 0 fully saturated rings. The molecule has 0 spiro atoms. The lowest BCUT2D eigenvalue weighted by Gasteiger charge is -2.29. The van der Waals surface area contributed by atoms with Crippen LogP contribution in [0, 0.1) is 6.92 Å². The lowest BCUT2D eigenvalue weighted by atomic mass is 9.96. The molecular formula is C20H25NO2. The maximum atomic E-state index is 12.2. The molecule has 23 heavy (non-hydrogen) atoms. The van der Waals surface area contributed by atoms with Crippen molar-refractivity contribution in [2.45, 2.75) is 40.3 Å². The highest BCUT2D eigenvalue weighted by Crippen LogP contribution is 2.22. The van der Waals surface area contributed by atoms with E-state index in [9.17, 15) is 4.79 Å². The summed E-state index contributed by atoms with van der Waals surface area (Å²) in [4.78, 5) is 14.0. The Labute approximate surface area is 138 Å². The molecule has 0 N–H and O–H groups in total. The van der Waals surface area contributed by atoms with Gasteiger partial charge in [-0.3, -0.25) is 0 Å². The van der Waals surface area contributed by atoms with Crippen LogP contribution in [-0.4, -0.2) is 17.5 Å². The second kappa shape index (κ2) is 8.37. The van der Waals surface area contributed by atoms with Gasteiger partial charge in [0, 0.05) is 13.1 Å². The molecule has 0 aliphatic carbocycles. The fourth-order valence-electron chi connectivity index (χ4n) is 2.72. The summed E-state index contributed by atoms with van der Waals surface area (Å²) in [5.74, 6) is 0. The van der Waals surface area contributed by atoms with Gasteiger partial charge < -0.3 is 9.64 Å². The molecule has 3 nitrogen and oxygen atoms in total. The maximum absolute atomic E-state index is 12.2. The monoisotopic (exact) mass is 311 g/mol. The van der Waals surface area contributed by atoms with Crippen molar-refractivity contribution in [3.8, 4) is 0 Å². The van der Waals surface area contributed by atoms with Gasteiger partial charge in [-0.2, -0.15) is 0 Å². The largest absolute Gasteiger partial charge is 0.445 e. The van der Waals surface area contributed by atoms with Crippen molar-refractivity contribution in [3.05, 3.63) is 70.8 Å². The van der Waals surface area contributed by atoms with Crippen molar-refractivity contribution in [2.75, 3.05) is 6.54 Å². The van der Waals surface area contributed by atoms with E-state index in [-0.39, 0.29) is 6.09 Å². The van der Waals surface area contributed by atoms with Gasteiger partial charge in [0.25, 0.3) is 0 Å². The third-order valence-corrected chi connectivity index (χ3v) is 3.97. The highest BCUT2D eigenvalue weighted by molar-refractivity contribution is 5.68. The number of amides is 1. The van der Waals surface area contributed by atoms with Gasteiger partial charge in [0.2, 0.25) is 0 Å². The van der Waals surface area contributed by atoms with Crippen LogP contribution in [0.5, 0.6) is 0 Å². The van der Waals surface area contributed by atoms with E-state index in [4.69, 9.17) is 4.74 Å². The van der Waals surface area contributed by atoms with E-state index in [0.717, 1.165) is 18.5 Å². The molecule has 122 valence electrons. The average Bonchev–Trinajstić information content (AvgIpc) is 2.62. The van der Waals surface area contributed by atoms with Gasteiger partial charge in [-0.1, -0.05) is 62.4 Å². The number of ether oxygens (including phenoxy) is 1. The van der Waals surface area contributed by atoms with Crippen molar-refractivity contribution in [1.82, 2.24) is 4.90 Å². The van der Waals surface area contributed by atoms with Gasteiger partial charge in [-0.15, -0.1) is 0 Å². The van der Waals surface area contributed by atoms with Gasteiger partial charge in [-0.05, 0) is 35.6 Å². The zero-order valence-corrected chi connectivity index (χ0v) is 14.2. The molecular weight excluding hydrogens is 286 g/mol. The summed E-state index contributed by atoms with van der Waals surface area (Å²) in [5.41, 5.74) is 4.87. The van der Waals surface area contributed by atoms with Crippen LogP contribution >= 0.6 is 0 Å². The molecule has 1 aliphatic heterocycles. The molecule has 0 unspecified atom stereocenters. The van der Waals surface area contributed by atoms with Crippen LogP contribution in [0.3, 0.4) is 0 Å². The third-order valence-electron chi connectivity index (χ3n) is 3.97. The van der Waals surface area contributed by atoms with E-state index in [1.807, 2.05) is 44.2 Å². The van der Waals surface area contributed by atoms with Crippen molar-refractivity contribution >= 4 is 6.09 Å². The summed E-state index contributed by atoms with van der Waals surface area (Å²) in [6.07, 6.45) is 0.671. The van der Waals surface area contributed by atoms with Crippen LogP contribution in [-0.2, 0) is 24.3 Å². The number of aryl methyl sites for hydroxylation is 1. The molecule has 2 aromatic rings. The molecule has 0 radical (unpaired) electrons. The molecule has 2 aromatic carbocycles. The maximum Gasteiger partial charge on any atom is 0.410 e. The van der Waals surface area contributed by atoms with Gasteiger partial charge in [-0.25, -0.2) is 4.79 Å². The minimum absolute atomic E-state index is 0.229. The Morgan fingerprint density at radius 3 is 2.57 bits per heavy atom. The van der Waals surface area contributed by atoms with E-state index in [0.29, 0.717) is 13.2 Å². The minimum atomic E-state index is -0.229. The summed E-state index contributed by atoms with van der Waals surface area (Å²) in [6.45, 7) is 7.80. The highest BCUT2D eigenvalue weighted by atomic mass is 16.6. The molecule has 1 heterocycles.